The molecule has 0 unspecified atom stereocenters. The molecule has 0 aromatic rings. The van der Waals surface area contributed by atoms with Gasteiger partial charge >= 0.3 is 0 Å². The molecule has 92 valence electrons. The van der Waals surface area contributed by atoms with Crippen LogP contribution in [0.4, 0.5) is 0 Å². The predicted molar refractivity (Wildman–Crippen MR) is 68.2 cm³/mol. The van der Waals surface area contributed by atoms with Crippen molar-refractivity contribution >= 4 is 23.2 Å². The van der Waals surface area contributed by atoms with Crippen molar-refractivity contribution in [1.82, 2.24) is 5.32 Å². The van der Waals surface area contributed by atoms with Gasteiger partial charge in [0.1, 0.15) is 0 Å². The van der Waals surface area contributed by atoms with Crippen LogP contribution in [0, 0.1) is 0 Å². The normalized spacial score (nSPS) is 13.2. The number of rotatable bonds is 7. The Hall–Kier alpha value is 0.500. The van der Waals surface area contributed by atoms with E-state index in [0.29, 0.717) is 18.4 Å². The van der Waals surface area contributed by atoms with E-state index in [1.807, 2.05) is 20.8 Å². The first-order valence-corrected chi connectivity index (χ1v) is 6.47. The SMILES string of the molecule is CCC(CCl)(CCl)NCCOC(C)(C)C. The maximum absolute atomic E-state index is 5.91. The van der Waals surface area contributed by atoms with Gasteiger partial charge in [0.25, 0.3) is 0 Å². The van der Waals surface area contributed by atoms with Crippen molar-refractivity contribution < 1.29 is 4.74 Å². The van der Waals surface area contributed by atoms with Crippen LogP contribution in [0.25, 0.3) is 0 Å². The van der Waals surface area contributed by atoms with Crippen molar-refractivity contribution in [1.29, 1.82) is 0 Å². The molecular formula is C11H23Cl2NO. The van der Waals surface area contributed by atoms with Gasteiger partial charge in [0.15, 0.2) is 0 Å². The van der Waals surface area contributed by atoms with Crippen LogP contribution in [-0.2, 0) is 4.74 Å². The lowest BCUT2D eigenvalue weighted by molar-refractivity contribution is -0.00276. The number of ether oxygens (including phenoxy) is 1. The Morgan fingerprint density at radius 3 is 2.00 bits per heavy atom. The van der Waals surface area contributed by atoms with E-state index < -0.39 is 0 Å². The van der Waals surface area contributed by atoms with E-state index in [1.165, 1.54) is 0 Å². The molecule has 0 aliphatic heterocycles. The first-order valence-electron chi connectivity index (χ1n) is 5.40. The molecule has 0 fully saturated rings. The zero-order valence-corrected chi connectivity index (χ0v) is 11.7. The first-order chi connectivity index (χ1) is 6.89. The highest BCUT2D eigenvalue weighted by Gasteiger charge is 2.25. The molecule has 15 heavy (non-hydrogen) atoms. The lowest BCUT2D eigenvalue weighted by atomic mass is 10.0. The molecule has 0 spiro atoms. The van der Waals surface area contributed by atoms with E-state index >= 15 is 0 Å². The Morgan fingerprint density at radius 1 is 1.13 bits per heavy atom. The standard InChI is InChI=1S/C11H23Cl2NO/c1-5-11(8-12,9-13)14-6-7-15-10(2,3)4/h14H,5-9H2,1-4H3. The number of hydrogen-bond donors (Lipinski definition) is 1. The van der Waals surface area contributed by atoms with Gasteiger partial charge in [0, 0.05) is 23.8 Å². The molecule has 0 aromatic carbocycles. The van der Waals surface area contributed by atoms with Crippen molar-refractivity contribution in [3.05, 3.63) is 0 Å². The minimum atomic E-state index is -0.148. The zero-order valence-electron chi connectivity index (χ0n) is 10.2. The van der Waals surface area contributed by atoms with Crippen LogP contribution in [0.5, 0.6) is 0 Å². The summed E-state index contributed by atoms with van der Waals surface area (Å²) in [5.41, 5.74) is -0.233. The summed E-state index contributed by atoms with van der Waals surface area (Å²) in [6.07, 6.45) is 0.926. The number of hydrogen-bond acceptors (Lipinski definition) is 2. The summed E-state index contributed by atoms with van der Waals surface area (Å²) < 4.78 is 5.61. The highest BCUT2D eigenvalue weighted by Crippen LogP contribution is 2.14. The van der Waals surface area contributed by atoms with E-state index in [0.717, 1.165) is 13.0 Å². The van der Waals surface area contributed by atoms with Gasteiger partial charge in [-0.25, -0.2) is 0 Å². The van der Waals surface area contributed by atoms with Crippen LogP contribution in [0.1, 0.15) is 34.1 Å². The van der Waals surface area contributed by atoms with Crippen LogP contribution in [0.2, 0.25) is 0 Å². The quantitative estimate of drug-likeness (QED) is 0.558. The number of halogens is 2. The third-order valence-corrected chi connectivity index (χ3v) is 3.35. The molecule has 0 aliphatic carbocycles. The van der Waals surface area contributed by atoms with Crippen LogP contribution in [0.15, 0.2) is 0 Å². The Kier molecular flexibility index (Phi) is 7.18. The monoisotopic (exact) mass is 255 g/mol. The summed E-state index contributed by atoms with van der Waals surface area (Å²) >= 11 is 11.8. The van der Waals surface area contributed by atoms with Gasteiger partial charge in [-0.1, -0.05) is 6.92 Å². The smallest absolute Gasteiger partial charge is 0.0599 e. The van der Waals surface area contributed by atoms with Crippen molar-refractivity contribution in [2.75, 3.05) is 24.9 Å². The number of nitrogens with one attached hydrogen (secondary N) is 1. The van der Waals surface area contributed by atoms with Gasteiger partial charge in [-0.05, 0) is 27.2 Å². The van der Waals surface area contributed by atoms with E-state index in [-0.39, 0.29) is 11.1 Å². The van der Waals surface area contributed by atoms with Gasteiger partial charge in [-0.3, -0.25) is 0 Å². The summed E-state index contributed by atoms with van der Waals surface area (Å²) in [4.78, 5) is 0. The first kappa shape index (κ1) is 15.5. The van der Waals surface area contributed by atoms with Gasteiger partial charge < -0.3 is 10.1 Å². The second kappa shape index (κ2) is 6.95. The van der Waals surface area contributed by atoms with Crippen molar-refractivity contribution in [3.63, 3.8) is 0 Å². The summed E-state index contributed by atoms with van der Waals surface area (Å²) in [7, 11) is 0. The third-order valence-electron chi connectivity index (χ3n) is 2.33. The molecule has 0 heterocycles. The van der Waals surface area contributed by atoms with E-state index in [1.54, 1.807) is 0 Å². The van der Waals surface area contributed by atoms with Crippen molar-refractivity contribution in [3.8, 4) is 0 Å². The fraction of sp³-hybridized carbons (Fsp3) is 1.00. The molecular weight excluding hydrogens is 233 g/mol. The third kappa shape index (κ3) is 6.62. The summed E-state index contributed by atoms with van der Waals surface area (Å²) in [6, 6.07) is 0. The van der Waals surface area contributed by atoms with Gasteiger partial charge in [0.2, 0.25) is 0 Å². The highest BCUT2D eigenvalue weighted by molar-refractivity contribution is 6.22. The van der Waals surface area contributed by atoms with Crippen LogP contribution in [-0.4, -0.2) is 36.1 Å². The molecule has 2 nitrogen and oxygen atoms in total. The van der Waals surface area contributed by atoms with Gasteiger partial charge in [0.05, 0.1) is 12.2 Å². The predicted octanol–water partition coefficient (Wildman–Crippen LogP) is 3.02. The largest absolute Gasteiger partial charge is 0.375 e. The Labute approximate surface area is 104 Å². The lowest BCUT2D eigenvalue weighted by Crippen LogP contribution is -2.49. The van der Waals surface area contributed by atoms with Crippen LogP contribution >= 0.6 is 23.2 Å². The lowest BCUT2D eigenvalue weighted by Gasteiger charge is -2.30. The van der Waals surface area contributed by atoms with Crippen molar-refractivity contribution in [2.24, 2.45) is 0 Å². The minimum absolute atomic E-state index is 0.0848. The molecule has 0 saturated carbocycles. The van der Waals surface area contributed by atoms with E-state index in [4.69, 9.17) is 27.9 Å². The average molecular weight is 256 g/mol. The molecule has 0 saturated heterocycles. The zero-order chi connectivity index (χ0) is 11.9. The number of alkyl halides is 2. The second-order valence-corrected chi connectivity index (χ2v) is 5.32. The molecule has 0 rings (SSSR count). The topological polar surface area (TPSA) is 21.3 Å². The molecule has 0 bridgehead atoms. The maximum atomic E-state index is 5.91. The fourth-order valence-electron chi connectivity index (χ4n) is 1.12. The Bertz CT molecular complexity index is 156. The molecule has 0 radical (unpaired) electrons. The average Bonchev–Trinajstić information content (AvgIpc) is 2.18. The molecule has 4 heteroatoms. The highest BCUT2D eigenvalue weighted by atomic mass is 35.5. The molecule has 0 aliphatic rings. The van der Waals surface area contributed by atoms with Gasteiger partial charge in [-0.2, -0.15) is 0 Å². The molecule has 0 atom stereocenters. The van der Waals surface area contributed by atoms with Gasteiger partial charge in [-0.15, -0.1) is 23.2 Å². The Morgan fingerprint density at radius 2 is 1.67 bits per heavy atom. The molecule has 0 aromatic heterocycles. The summed E-state index contributed by atoms with van der Waals surface area (Å²) in [6.45, 7) is 9.68. The summed E-state index contributed by atoms with van der Waals surface area (Å²) in [5.74, 6) is 1.06. The molecule has 0 amide bonds. The van der Waals surface area contributed by atoms with E-state index in [2.05, 4.69) is 12.2 Å². The van der Waals surface area contributed by atoms with Crippen LogP contribution < -0.4 is 5.32 Å². The second-order valence-electron chi connectivity index (χ2n) is 4.79. The maximum Gasteiger partial charge on any atom is 0.0599 e. The fourth-order valence-corrected chi connectivity index (χ4v) is 1.97. The van der Waals surface area contributed by atoms with Crippen LogP contribution in [0.3, 0.4) is 0 Å². The van der Waals surface area contributed by atoms with Crippen molar-refractivity contribution in [2.45, 2.75) is 45.3 Å². The van der Waals surface area contributed by atoms with E-state index in [9.17, 15) is 0 Å². The minimum Gasteiger partial charge on any atom is -0.375 e. The Balaban J connectivity index is 3.82. The summed E-state index contributed by atoms with van der Waals surface area (Å²) in [5, 5.41) is 3.37. The molecule has 1 N–H and O–H groups in total.